The Morgan fingerprint density at radius 3 is 2.92 bits per heavy atom. The number of hydrogen-bond acceptors (Lipinski definition) is 3. The lowest BCUT2D eigenvalue weighted by molar-refractivity contribution is 0.564. The van der Waals surface area contributed by atoms with E-state index in [9.17, 15) is 4.79 Å². The van der Waals surface area contributed by atoms with E-state index in [1.165, 1.54) is 17.0 Å². The fourth-order valence-electron chi connectivity index (χ4n) is 0.964. The molecule has 0 saturated heterocycles. The number of aryl methyl sites for hydroxylation is 1. The Morgan fingerprint density at radius 1 is 1.75 bits per heavy atom. The highest BCUT2D eigenvalue weighted by Crippen LogP contribution is 1.86. The van der Waals surface area contributed by atoms with Gasteiger partial charge in [-0.2, -0.15) is 0 Å². The highest BCUT2D eigenvalue weighted by Gasteiger charge is 1.99. The van der Waals surface area contributed by atoms with Gasteiger partial charge in [0.25, 0.3) is 5.56 Å². The van der Waals surface area contributed by atoms with E-state index in [0.717, 1.165) is 5.69 Å². The average Bonchev–Trinajstić information content (AvgIpc) is 1.94. The minimum atomic E-state index is -0.0419. The molecule has 12 heavy (non-hydrogen) atoms. The minimum absolute atomic E-state index is 0.0211. The summed E-state index contributed by atoms with van der Waals surface area (Å²) in [7, 11) is 0. The van der Waals surface area contributed by atoms with Crippen molar-refractivity contribution >= 4 is 0 Å². The summed E-state index contributed by atoms with van der Waals surface area (Å²) in [6.45, 7) is 4.16. The molecule has 0 aromatic carbocycles. The Morgan fingerprint density at radius 2 is 2.42 bits per heavy atom. The monoisotopic (exact) mass is 167 g/mol. The molecular formula is C8H13N3O. The zero-order valence-electron chi connectivity index (χ0n) is 7.32. The van der Waals surface area contributed by atoms with Crippen molar-refractivity contribution < 1.29 is 0 Å². The lowest BCUT2D eigenvalue weighted by Crippen LogP contribution is -2.29. The van der Waals surface area contributed by atoms with Crippen LogP contribution in [0.1, 0.15) is 12.6 Å². The van der Waals surface area contributed by atoms with Crippen molar-refractivity contribution in [1.29, 1.82) is 0 Å². The molecule has 0 spiro atoms. The Kier molecular flexibility index (Phi) is 2.60. The van der Waals surface area contributed by atoms with E-state index in [-0.39, 0.29) is 11.6 Å². The number of aromatic nitrogens is 2. The van der Waals surface area contributed by atoms with Gasteiger partial charge in [-0.25, -0.2) is 4.98 Å². The van der Waals surface area contributed by atoms with Crippen LogP contribution in [0.2, 0.25) is 0 Å². The van der Waals surface area contributed by atoms with Crippen molar-refractivity contribution in [2.75, 3.05) is 0 Å². The lowest BCUT2D eigenvalue weighted by Gasteiger charge is -2.07. The third-order valence-electron chi connectivity index (χ3n) is 1.50. The second kappa shape index (κ2) is 3.49. The van der Waals surface area contributed by atoms with Crippen LogP contribution >= 0.6 is 0 Å². The van der Waals surface area contributed by atoms with Gasteiger partial charge in [0.05, 0.1) is 6.33 Å². The number of nitrogens with two attached hydrogens (primary N) is 1. The van der Waals surface area contributed by atoms with Gasteiger partial charge in [0.2, 0.25) is 0 Å². The van der Waals surface area contributed by atoms with Gasteiger partial charge in [0, 0.05) is 24.3 Å². The Bertz CT molecular complexity index is 316. The molecule has 0 aliphatic carbocycles. The smallest absolute Gasteiger partial charge is 0.253 e. The molecule has 66 valence electrons. The maximum atomic E-state index is 11.2. The van der Waals surface area contributed by atoms with E-state index < -0.39 is 0 Å². The second-order valence-corrected chi connectivity index (χ2v) is 3.00. The van der Waals surface area contributed by atoms with Crippen molar-refractivity contribution in [2.45, 2.75) is 26.4 Å². The first-order valence-corrected chi connectivity index (χ1v) is 3.88. The molecule has 0 radical (unpaired) electrons. The van der Waals surface area contributed by atoms with E-state index in [4.69, 9.17) is 5.73 Å². The summed E-state index contributed by atoms with van der Waals surface area (Å²) in [5.74, 6) is 0. The van der Waals surface area contributed by atoms with Gasteiger partial charge < -0.3 is 5.73 Å². The zero-order chi connectivity index (χ0) is 9.14. The number of nitrogens with zero attached hydrogens (tertiary/aromatic N) is 2. The van der Waals surface area contributed by atoms with Gasteiger partial charge in [0.15, 0.2) is 0 Å². The molecule has 4 heteroatoms. The predicted octanol–water partition coefficient (Wildman–Crippen LogP) is -0.101. The maximum Gasteiger partial charge on any atom is 0.253 e. The molecule has 0 unspecified atom stereocenters. The van der Waals surface area contributed by atoms with Crippen LogP contribution in [0, 0.1) is 6.92 Å². The summed E-state index contributed by atoms with van der Waals surface area (Å²) < 4.78 is 1.51. The van der Waals surface area contributed by atoms with E-state index in [1.807, 2.05) is 6.92 Å². The van der Waals surface area contributed by atoms with Crippen molar-refractivity contribution in [3.63, 3.8) is 0 Å². The molecule has 0 fully saturated rings. The van der Waals surface area contributed by atoms with Crippen LogP contribution in [-0.2, 0) is 6.54 Å². The Hall–Kier alpha value is -1.16. The van der Waals surface area contributed by atoms with Crippen LogP contribution in [0.5, 0.6) is 0 Å². The summed E-state index contributed by atoms with van der Waals surface area (Å²) in [6, 6.07) is 1.48. The van der Waals surface area contributed by atoms with Gasteiger partial charge in [-0.15, -0.1) is 0 Å². The SMILES string of the molecule is Cc1cc(=O)n(C[C@H](C)N)cn1. The minimum Gasteiger partial charge on any atom is -0.326 e. The van der Waals surface area contributed by atoms with Crippen molar-refractivity contribution in [2.24, 2.45) is 5.73 Å². The molecule has 2 N–H and O–H groups in total. The topological polar surface area (TPSA) is 60.9 Å². The summed E-state index contributed by atoms with van der Waals surface area (Å²) in [6.07, 6.45) is 1.53. The van der Waals surface area contributed by atoms with Crippen LogP contribution < -0.4 is 11.3 Å². The van der Waals surface area contributed by atoms with Crippen molar-refractivity contribution in [3.05, 3.63) is 28.4 Å². The fraction of sp³-hybridized carbons (Fsp3) is 0.500. The Labute approximate surface area is 71.0 Å². The highest BCUT2D eigenvalue weighted by atomic mass is 16.1. The first kappa shape index (κ1) is 8.93. The summed E-state index contributed by atoms with van der Waals surface area (Å²) >= 11 is 0. The molecular weight excluding hydrogens is 154 g/mol. The normalized spacial score (nSPS) is 12.9. The molecule has 1 heterocycles. The highest BCUT2D eigenvalue weighted by molar-refractivity contribution is 4.96. The zero-order valence-corrected chi connectivity index (χ0v) is 7.32. The van der Waals surface area contributed by atoms with Crippen LogP contribution in [0.15, 0.2) is 17.2 Å². The van der Waals surface area contributed by atoms with E-state index in [1.54, 1.807) is 6.92 Å². The molecule has 1 atom stereocenters. The van der Waals surface area contributed by atoms with E-state index >= 15 is 0 Å². The fourth-order valence-corrected chi connectivity index (χ4v) is 0.964. The lowest BCUT2D eigenvalue weighted by atomic mass is 10.3. The predicted molar refractivity (Wildman–Crippen MR) is 46.9 cm³/mol. The van der Waals surface area contributed by atoms with Gasteiger partial charge >= 0.3 is 0 Å². The molecule has 1 rings (SSSR count). The molecule has 1 aromatic heterocycles. The van der Waals surface area contributed by atoms with Crippen LogP contribution in [0.4, 0.5) is 0 Å². The quantitative estimate of drug-likeness (QED) is 0.669. The van der Waals surface area contributed by atoms with Crippen LogP contribution in [-0.4, -0.2) is 15.6 Å². The molecule has 0 bridgehead atoms. The van der Waals surface area contributed by atoms with Crippen molar-refractivity contribution in [1.82, 2.24) is 9.55 Å². The summed E-state index contributed by atoms with van der Waals surface area (Å²) in [5.41, 5.74) is 6.24. The summed E-state index contributed by atoms with van der Waals surface area (Å²) in [4.78, 5) is 15.2. The van der Waals surface area contributed by atoms with Crippen molar-refractivity contribution in [3.8, 4) is 0 Å². The summed E-state index contributed by atoms with van der Waals surface area (Å²) in [5, 5.41) is 0. The molecule has 0 aliphatic heterocycles. The number of rotatable bonds is 2. The molecule has 0 aliphatic rings. The van der Waals surface area contributed by atoms with Gasteiger partial charge in [-0.3, -0.25) is 9.36 Å². The van der Waals surface area contributed by atoms with E-state index in [2.05, 4.69) is 4.98 Å². The third kappa shape index (κ3) is 2.17. The largest absolute Gasteiger partial charge is 0.326 e. The Balaban J connectivity index is 2.94. The van der Waals surface area contributed by atoms with Crippen LogP contribution in [0.25, 0.3) is 0 Å². The van der Waals surface area contributed by atoms with Crippen LogP contribution in [0.3, 0.4) is 0 Å². The average molecular weight is 167 g/mol. The molecule has 0 saturated carbocycles. The maximum absolute atomic E-state index is 11.2. The standard InChI is InChI=1S/C8H13N3O/c1-6(9)4-11-5-10-7(2)3-8(11)12/h3,5-6H,4,9H2,1-2H3/t6-/m0/s1. The van der Waals surface area contributed by atoms with Gasteiger partial charge in [-0.05, 0) is 13.8 Å². The first-order chi connectivity index (χ1) is 5.59. The molecule has 1 aromatic rings. The van der Waals surface area contributed by atoms with Gasteiger partial charge in [-0.1, -0.05) is 0 Å². The van der Waals surface area contributed by atoms with Gasteiger partial charge in [0.1, 0.15) is 0 Å². The third-order valence-corrected chi connectivity index (χ3v) is 1.50. The first-order valence-electron chi connectivity index (χ1n) is 3.88. The molecule has 4 nitrogen and oxygen atoms in total. The van der Waals surface area contributed by atoms with E-state index in [0.29, 0.717) is 6.54 Å². The number of hydrogen-bond donors (Lipinski definition) is 1. The second-order valence-electron chi connectivity index (χ2n) is 3.00. The molecule has 0 amide bonds.